The molecule has 0 spiro atoms. The molecule has 4 rings (SSSR count). The lowest BCUT2D eigenvalue weighted by atomic mass is 10.00. The zero-order chi connectivity index (χ0) is 18.8. The van der Waals surface area contributed by atoms with Gasteiger partial charge in [-0.15, -0.1) is 11.3 Å². The number of hydrogen-bond donors (Lipinski definition) is 1. The summed E-state index contributed by atoms with van der Waals surface area (Å²) in [6, 6.07) is 20.2. The maximum absolute atomic E-state index is 13.2. The molecule has 2 aromatic heterocycles. The van der Waals surface area contributed by atoms with E-state index < -0.39 is 0 Å². The highest BCUT2D eigenvalue weighted by Gasteiger charge is 2.20. The van der Waals surface area contributed by atoms with Crippen molar-refractivity contribution in [2.45, 2.75) is 6.92 Å². The van der Waals surface area contributed by atoms with Gasteiger partial charge in [0.05, 0.1) is 16.6 Å². The number of nitrogens with one attached hydrogen (secondary N) is 1. The number of benzene rings is 2. The smallest absolute Gasteiger partial charge is 0.275 e. The molecule has 0 saturated carbocycles. The average Bonchev–Trinajstić information content (AvgIpc) is 3.11. The topological polar surface area (TPSA) is 62.8 Å². The Morgan fingerprint density at radius 1 is 1.00 bits per heavy atom. The highest BCUT2D eigenvalue weighted by molar-refractivity contribution is 7.12. The number of carbonyl (C=O) groups is 1. The number of allylic oxidation sites excluding steroid dienone is 1. The minimum Gasteiger partial charge on any atom is -0.319 e. The zero-order valence-electron chi connectivity index (χ0n) is 14.6. The number of nitrogens with zero attached hydrogens (tertiary/aromatic N) is 1. The molecule has 27 heavy (non-hydrogen) atoms. The van der Waals surface area contributed by atoms with E-state index in [1.807, 2.05) is 43.3 Å². The predicted octanol–water partition coefficient (Wildman–Crippen LogP) is 4.72. The molecule has 0 saturated heterocycles. The molecular formula is C22H16N2O2S. The summed E-state index contributed by atoms with van der Waals surface area (Å²) in [5, 5.41) is 0. The fraction of sp³-hybridized carbons (Fsp3) is 0.0455. The summed E-state index contributed by atoms with van der Waals surface area (Å²) in [5.74, 6) is -0.227. The monoisotopic (exact) mass is 372 g/mol. The van der Waals surface area contributed by atoms with E-state index in [-0.39, 0.29) is 22.6 Å². The zero-order valence-corrected chi connectivity index (χ0v) is 15.4. The van der Waals surface area contributed by atoms with Crippen LogP contribution >= 0.6 is 11.3 Å². The molecule has 2 heterocycles. The first-order valence-electron chi connectivity index (χ1n) is 8.49. The van der Waals surface area contributed by atoms with Crippen LogP contribution in [0.3, 0.4) is 0 Å². The fourth-order valence-corrected chi connectivity index (χ4v) is 3.69. The van der Waals surface area contributed by atoms with E-state index in [4.69, 9.17) is 0 Å². The molecule has 0 unspecified atom stereocenters. The van der Waals surface area contributed by atoms with Crippen LogP contribution in [0.25, 0.3) is 22.7 Å². The standard InChI is InChI=1S/C22H16N2O2S/c1-14-11-12-16(27-14)13-17(21(25)15-7-3-2-4-8-15)20-22(26)24-19-10-6-5-9-18(19)23-20/h2-13H,1H3,(H,24,26)/b17-13+. The Hall–Kier alpha value is -3.31. The summed E-state index contributed by atoms with van der Waals surface area (Å²) in [4.78, 5) is 35.2. The van der Waals surface area contributed by atoms with Crippen molar-refractivity contribution in [1.29, 1.82) is 0 Å². The molecule has 0 radical (unpaired) electrons. The van der Waals surface area contributed by atoms with E-state index in [1.165, 1.54) is 0 Å². The van der Waals surface area contributed by atoms with Crippen LogP contribution in [-0.2, 0) is 0 Å². The second kappa shape index (κ2) is 7.13. The second-order valence-electron chi connectivity index (χ2n) is 6.13. The lowest BCUT2D eigenvalue weighted by Crippen LogP contribution is -2.18. The minimum absolute atomic E-state index is 0.133. The average molecular weight is 372 g/mol. The van der Waals surface area contributed by atoms with Crippen molar-refractivity contribution in [3.8, 4) is 0 Å². The van der Waals surface area contributed by atoms with Gasteiger partial charge in [-0.2, -0.15) is 0 Å². The van der Waals surface area contributed by atoms with E-state index >= 15 is 0 Å². The number of thiophene rings is 1. The van der Waals surface area contributed by atoms with Crippen molar-refractivity contribution < 1.29 is 4.79 Å². The number of aromatic nitrogens is 2. The van der Waals surface area contributed by atoms with Crippen LogP contribution in [0.5, 0.6) is 0 Å². The molecule has 0 aliphatic carbocycles. The minimum atomic E-state index is -0.377. The van der Waals surface area contributed by atoms with Gasteiger partial charge in [-0.25, -0.2) is 4.98 Å². The van der Waals surface area contributed by atoms with Gasteiger partial charge in [0, 0.05) is 15.3 Å². The van der Waals surface area contributed by atoms with Gasteiger partial charge in [-0.3, -0.25) is 9.59 Å². The largest absolute Gasteiger partial charge is 0.319 e. The Morgan fingerprint density at radius 3 is 2.48 bits per heavy atom. The number of ketones is 1. The molecule has 0 amide bonds. The van der Waals surface area contributed by atoms with Crippen LogP contribution in [0.1, 0.15) is 25.8 Å². The molecule has 1 N–H and O–H groups in total. The summed E-state index contributed by atoms with van der Waals surface area (Å²) < 4.78 is 0. The van der Waals surface area contributed by atoms with Crippen molar-refractivity contribution in [3.05, 3.63) is 98.1 Å². The van der Waals surface area contributed by atoms with Gasteiger partial charge in [-0.1, -0.05) is 42.5 Å². The van der Waals surface area contributed by atoms with Gasteiger partial charge in [0.15, 0.2) is 5.78 Å². The van der Waals surface area contributed by atoms with Gasteiger partial charge in [-0.05, 0) is 37.3 Å². The van der Waals surface area contributed by atoms with E-state index in [2.05, 4.69) is 9.97 Å². The molecule has 0 bridgehead atoms. The predicted molar refractivity (Wildman–Crippen MR) is 110 cm³/mol. The summed E-state index contributed by atoms with van der Waals surface area (Å²) >= 11 is 1.56. The Bertz CT molecular complexity index is 1220. The van der Waals surface area contributed by atoms with E-state index in [0.717, 1.165) is 9.75 Å². The lowest BCUT2D eigenvalue weighted by molar-refractivity contribution is 0.105. The van der Waals surface area contributed by atoms with E-state index in [1.54, 1.807) is 47.7 Å². The number of H-pyrrole nitrogens is 1. The first kappa shape index (κ1) is 17.1. The number of aromatic amines is 1. The van der Waals surface area contributed by atoms with Crippen LogP contribution < -0.4 is 5.56 Å². The maximum atomic E-state index is 13.2. The molecule has 5 heteroatoms. The van der Waals surface area contributed by atoms with Crippen LogP contribution in [0.4, 0.5) is 0 Å². The number of para-hydroxylation sites is 2. The van der Waals surface area contributed by atoms with Crippen molar-refractivity contribution in [2.24, 2.45) is 0 Å². The molecule has 4 aromatic rings. The number of fused-ring (bicyclic) bond motifs is 1. The number of hydrogen-bond acceptors (Lipinski definition) is 4. The highest BCUT2D eigenvalue weighted by Crippen LogP contribution is 2.24. The van der Waals surface area contributed by atoms with Crippen molar-refractivity contribution >= 4 is 39.8 Å². The summed E-state index contributed by atoms with van der Waals surface area (Å²) in [6.07, 6.45) is 1.75. The van der Waals surface area contributed by atoms with Crippen LogP contribution in [0.2, 0.25) is 0 Å². The quantitative estimate of drug-likeness (QED) is 0.417. The third kappa shape index (κ3) is 3.50. The molecule has 2 aromatic carbocycles. The normalized spacial score (nSPS) is 11.7. The SMILES string of the molecule is Cc1ccc(/C=C(/C(=O)c2ccccc2)c2nc3ccccc3[nH]c2=O)s1. The Kier molecular flexibility index (Phi) is 4.52. The number of Topliss-reactive ketones (excluding diaryl/α,β-unsaturated/α-hetero) is 1. The number of aryl methyl sites for hydroxylation is 1. The molecule has 0 aliphatic heterocycles. The first-order valence-corrected chi connectivity index (χ1v) is 9.31. The third-order valence-electron chi connectivity index (χ3n) is 4.18. The highest BCUT2D eigenvalue weighted by atomic mass is 32.1. The molecule has 4 nitrogen and oxygen atoms in total. The summed E-state index contributed by atoms with van der Waals surface area (Å²) in [7, 11) is 0. The maximum Gasteiger partial charge on any atom is 0.275 e. The Morgan fingerprint density at radius 2 is 1.74 bits per heavy atom. The summed E-state index contributed by atoms with van der Waals surface area (Å²) in [5.41, 5.74) is 1.85. The van der Waals surface area contributed by atoms with Crippen LogP contribution in [0, 0.1) is 6.92 Å². The molecule has 132 valence electrons. The lowest BCUT2D eigenvalue weighted by Gasteiger charge is -2.07. The van der Waals surface area contributed by atoms with E-state index in [0.29, 0.717) is 16.6 Å². The number of carbonyl (C=O) groups excluding carboxylic acids is 1. The molecule has 0 fully saturated rings. The van der Waals surface area contributed by atoms with E-state index in [9.17, 15) is 9.59 Å². The second-order valence-corrected chi connectivity index (χ2v) is 7.45. The molecular weight excluding hydrogens is 356 g/mol. The van der Waals surface area contributed by atoms with Crippen LogP contribution in [-0.4, -0.2) is 15.8 Å². The van der Waals surface area contributed by atoms with Crippen molar-refractivity contribution in [1.82, 2.24) is 9.97 Å². The Labute approximate surface area is 159 Å². The van der Waals surface area contributed by atoms with Crippen LogP contribution in [0.15, 0.2) is 71.5 Å². The Balaban J connectivity index is 1.93. The van der Waals surface area contributed by atoms with Gasteiger partial charge in [0.1, 0.15) is 5.69 Å². The molecule has 0 aliphatic rings. The van der Waals surface area contributed by atoms with Gasteiger partial charge < -0.3 is 4.98 Å². The number of rotatable bonds is 4. The van der Waals surface area contributed by atoms with Gasteiger partial charge in [0.25, 0.3) is 5.56 Å². The summed E-state index contributed by atoms with van der Waals surface area (Å²) in [6.45, 7) is 2.00. The molecule has 0 atom stereocenters. The van der Waals surface area contributed by atoms with Gasteiger partial charge in [0.2, 0.25) is 0 Å². The third-order valence-corrected chi connectivity index (χ3v) is 5.13. The van der Waals surface area contributed by atoms with Crippen molar-refractivity contribution in [2.75, 3.05) is 0 Å². The first-order chi connectivity index (χ1) is 13.1. The van der Waals surface area contributed by atoms with Crippen molar-refractivity contribution in [3.63, 3.8) is 0 Å². The van der Waals surface area contributed by atoms with Gasteiger partial charge >= 0.3 is 0 Å². The fourth-order valence-electron chi connectivity index (χ4n) is 2.87.